The second kappa shape index (κ2) is 6.41. The van der Waals surface area contributed by atoms with E-state index < -0.39 is 11.1 Å². The van der Waals surface area contributed by atoms with Gasteiger partial charge in [0, 0.05) is 12.6 Å². The van der Waals surface area contributed by atoms with Crippen molar-refractivity contribution in [3.8, 4) is 11.6 Å². The second-order valence-corrected chi connectivity index (χ2v) is 6.47. The van der Waals surface area contributed by atoms with Crippen molar-refractivity contribution in [1.82, 2.24) is 15.1 Å². The normalized spacial score (nSPS) is 11.8. The summed E-state index contributed by atoms with van der Waals surface area (Å²) in [6, 6.07) is 12.1. The minimum absolute atomic E-state index is 0.182. The van der Waals surface area contributed by atoms with E-state index in [0.717, 1.165) is 11.6 Å². The van der Waals surface area contributed by atoms with E-state index in [4.69, 9.17) is 4.52 Å². The summed E-state index contributed by atoms with van der Waals surface area (Å²) in [7, 11) is 0. The number of thiophene rings is 1. The molecule has 4 rings (SSSR count). The van der Waals surface area contributed by atoms with Crippen molar-refractivity contribution in [2.24, 2.45) is 0 Å². The lowest BCUT2D eigenvalue weighted by Gasteiger charge is -2.08. The van der Waals surface area contributed by atoms with Crippen molar-refractivity contribution >= 4 is 27.4 Å². The van der Waals surface area contributed by atoms with Gasteiger partial charge in [-0.25, -0.2) is 9.97 Å². The first-order chi connectivity index (χ1) is 12.5. The van der Waals surface area contributed by atoms with E-state index in [1.54, 1.807) is 6.07 Å². The van der Waals surface area contributed by atoms with Crippen LogP contribution in [0.4, 0.5) is 19.0 Å². The van der Waals surface area contributed by atoms with Gasteiger partial charge in [-0.05, 0) is 11.6 Å². The Morgan fingerprint density at radius 3 is 2.58 bits per heavy atom. The first-order valence-corrected chi connectivity index (χ1v) is 8.40. The molecule has 0 aliphatic rings. The van der Waals surface area contributed by atoms with Gasteiger partial charge in [-0.3, -0.25) is 0 Å². The SMILES string of the molecule is FC(F)(F)c1cc2c(NCc3ccccc3)nc(-c3ccno3)nc2s1. The highest BCUT2D eigenvalue weighted by Gasteiger charge is 2.33. The highest BCUT2D eigenvalue weighted by Crippen LogP contribution is 2.40. The Morgan fingerprint density at radius 2 is 1.88 bits per heavy atom. The van der Waals surface area contributed by atoms with Crippen LogP contribution in [0.2, 0.25) is 0 Å². The molecule has 0 aliphatic carbocycles. The number of aromatic nitrogens is 3. The molecule has 3 aromatic heterocycles. The van der Waals surface area contributed by atoms with Crippen LogP contribution in [0.1, 0.15) is 10.4 Å². The van der Waals surface area contributed by atoms with Crippen LogP contribution in [0.5, 0.6) is 0 Å². The van der Waals surface area contributed by atoms with Gasteiger partial charge in [-0.1, -0.05) is 35.5 Å². The molecular weight excluding hydrogens is 365 g/mol. The minimum Gasteiger partial charge on any atom is -0.365 e. The molecule has 0 bridgehead atoms. The fraction of sp³-hybridized carbons (Fsp3) is 0.118. The van der Waals surface area contributed by atoms with Crippen LogP contribution in [0.15, 0.2) is 53.2 Å². The Bertz CT molecular complexity index is 1030. The van der Waals surface area contributed by atoms with Crippen LogP contribution in [-0.4, -0.2) is 15.1 Å². The molecule has 1 aromatic carbocycles. The van der Waals surface area contributed by atoms with Crippen molar-refractivity contribution < 1.29 is 17.7 Å². The summed E-state index contributed by atoms with van der Waals surface area (Å²) >= 11 is 0.573. The van der Waals surface area contributed by atoms with E-state index in [0.29, 0.717) is 29.1 Å². The number of benzene rings is 1. The predicted molar refractivity (Wildman–Crippen MR) is 91.7 cm³/mol. The van der Waals surface area contributed by atoms with Gasteiger partial charge in [-0.2, -0.15) is 13.2 Å². The summed E-state index contributed by atoms with van der Waals surface area (Å²) in [5, 5.41) is 7.01. The van der Waals surface area contributed by atoms with Gasteiger partial charge in [0.05, 0.1) is 11.6 Å². The zero-order chi connectivity index (χ0) is 18.1. The van der Waals surface area contributed by atoms with Crippen LogP contribution in [0.25, 0.3) is 21.8 Å². The third-order valence-electron chi connectivity index (χ3n) is 3.63. The van der Waals surface area contributed by atoms with Gasteiger partial charge in [0.2, 0.25) is 11.6 Å². The van der Waals surface area contributed by atoms with Crippen LogP contribution in [-0.2, 0) is 12.7 Å². The minimum atomic E-state index is -4.44. The summed E-state index contributed by atoms with van der Waals surface area (Å²) < 4.78 is 44.3. The fourth-order valence-electron chi connectivity index (χ4n) is 2.42. The standard InChI is InChI=1S/C17H11F3N4OS/c18-17(19,20)13-8-11-14(21-9-10-4-2-1-3-5-10)23-15(24-16(11)26-13)12-6-7-22-25-12/h1-8H,9H2,(H,21,23,24). The number of rotatable bonds is 4. The monoisotopic (exact) mass is 376 g/mol. The van der Waals surface area contributed by atoms with Gasteiger partial charge in [0.25, 0.3) is 0 Å². The molecule has 26 heavy (non-hydrogen) atoms. The summed E-state index contributed by atoms with van der Waals surface area (Å²) in [5.41, 5.74) is 0.978. The van der Waals surface area contributed by atoms with Crippen molar-refractivity contribution in [2.45, 2.75) is 12.7 Å². The molecule has 0 saturated heterocycles. The van der Waals surface area contributed by atoms with Crippen LogP contribution in [0.3, 0.4) is 0 Å². The third kappa shape index (κ3) is 3.25. The van der Waals surface area contributed by atoms with Gasteiger partial charge in [-0.15, -0.1) is 11.3 Å². The molecule has 4 aromatic rings. The Labute approximate surface area is 149 Å². The van der Waals surface area contributed by atoms with E-state index >= 15 is 0 Å². The number of nitrogens with one attached hydrogen (secondary N) is 1. The average Bonchev–Trinajstić information content (AvgIpc) is 3.29. The topological polar surface area (TPSA) is 63.8 Å². The summed E-state index contributed by atoms with van der Waals surface area (Å²) in [4.78, 5) is 8.05. The van der Waals surface area contributed by atoms with Gasteiger partial charge >= 0.3 is 6.18 Å². The van der Waals surface area contributed by atoms with E-state index in [9.17, 15) is 13.2 Å². The zero-order valence-corrected chi connectivity index (χ0v) is 13.9. The highest BCUT2D eigenvalue weighted by molar-refractivity contribution is 7.18. The zero-order valence-electron chi connectivity index (χ0n) is 13.1. The smallest absolute Gasteiger partial charge is 0.365 e. The van der Waals surface area contributed by atoms with Crippen molar-refractivity contribution in [3.63, 3.8) is 0 Å². The highest BCUT2D eigenvalue weighted by atomic mass is 32.1. The molecule has 0 saturated carbocycles. The molecule has 0 amide bonds. The quantitative estimate of drug-likeness (QED) is 0.544. The molecule has 0 spiro atoms. The van der Waals surface area contributed by atoms with Crippen molar-refractivity contribution in [1.29, 1.82) is 0 Å². The molecule has 9 heteroatoms. The Morgan fingerprint density at radius 1 is 1.08 bits per heavy atom. The molecule has 0 radical (unpaired) electrons. The summed E-state index contributed by atoms with van der Waals surface area (Å²) in [5.74, 6) is 0.787. The molecule has 0 atom stereocenters. The second-order valence-electron chi connectivity index (χ2n) is 5.44. The lowest BCUT2D eigenvalue weighted by molar-refractivity contribution is -0.134. The number of nitrogens with zero attached hydrogens (tertiary/aromatic N) is 3. The number of fused-ring (bicyclic) bond motifs is 1. The molecule has 1 N–H and O–H groups in total. The van der Waals surface area contributed by atoms with E-state index in [1.165, 1.54) is 6.20 Å². The summed E-state index contributed by atoms with van der Waals surface area (Å²) in [6.07, 6.45) is -3.01. The maximum Gasteiger partial charge on any atom is 0.425 e. The van der Waals surface area contributed by atoms with Crippen molar-refractivity contribution in [3.05, 3.63) is 59.1 Å². The van der Waals surface area contributed by atoms with E-state index in [2.05, 4.69) is 20.4 Å². The predicted octanol–water partition coefficient (Wildman–Crippen LogP) is 4.98. The summed E-state index contributed by atoms with van der Waals surface area (Å²) in [6.45, 7) is 0.417. The van der Waals surface area contributed by atoms with Gasteiger partial charge < -0.3 is 9.84 Å². The third-order valence-corrected chi connectivity index (χ3v) is 4.71. The van der Waals surface area contributed by atoms with E-state index in [-0.39, 0.29) is 16.4 Å². The van der Waals surface area contributed by atoms with Crippen molar-refractivity contribution in [2.75, 3.05) is 5.32 Å². The molecule has 0 fully saturated rings. The number of alkyl halides is 3. The largest absolute Gasteiger partial charge is 0.425 e. The van der Waals surface area contributed by atoms with Crippen LogP contribution < -0.4 is 5.32 Å². The van der Waals surface area contributed by atoms with Gasteiger partial charge in [0.15, 0.2) is 0 Å². The number of hydrogen-bond acceptors (Lipinski definition) is 6. The average molecular weight is 376 g/mol. The Kier molecular flexibility index (Phi) is 4.08. The maximum atomic E-state index is 13.1. The molecule has 0 aliphatic heterocycles. The molecular formula is C17H11F3N4OS. The molecule has 132 valence electrons. The number of hydrogen-bond donors (Lipinski definition) is 1. The lowest BCUT2D eigenvalue weighted by atomic mass is 10.2. The van der Waals surface area contributed by atoms with Gasteiger partial charge in [0.1, 0.15) is 15.5 Å². The molecule has 0 unspecified atom stereocenters. The van der Waals surface area contributed by atoms with Crippen LogP contribution >= 0.6 is 11.3 Å². The maximum absolute atomic E-state index is 13.1. The Hall–Kier alpha value is -2.94. The molecule has 3 heterocycles. The molecule has 5 nitrogen and oxygen atoms in total. The number of anilines is 1. The van der Waals surface area contributed by atoms with Crippen LogP contribution in [0, 0.1) is 0 Å². The Balaban J connectivity index is 1.78. The lowest BCUT2D eigenvalue weighted by Crippen LogP contribution is -2.03. The first kappa shape index (κ1) is 16.5. The first-order valence-electron chi connectivity index (χ1n) is 7.58. The fourth-order valence-corrected chi connectivity index (χ4v) is 3.32. The number of halogens is 3. The van der Waals surface area contributed by atoms with E-state index in [1.807, 2.05) is 30.3 Å².